The molecule has 0 saturated carbocycles. The lowest BCUT2D eigenvalue weighted by atomic mass is 10.3. The van der Waals surface area contributed by atoms with Gasteiger partial charge < -0.3 is 20.3 Å². The highest BCUT2D eigenvalue weighted by atomic mass is 16.5. The monoisotopic (exact) mass is 315 g/mol. The summed E-state index contributed by atoms with van der Waals surface area (Å²) < 4.78 is 5.63. The van der Waals surface area contributed by atoms with E-state index < -0.39 is 0 Å². The molecule has 6 nitrogen and oxygen atoms in total. The molecule has 0 aliphatic rings. The summed E-state index contributed by atoms with van der Waals surface area (Å²) in [5.41, 5.74) is 0.957. The standard InChI is InChI=1S/C17H25N5O/c1-13(2)23-15-7-5-14(6-8-15)20-16-9-10-18-17(21-16)19-11-12-22(3)4/h5-10,13H,11-12H2,1-4H3,(H2,18,19,20,21). The maximum atomic E-state index is 5.63. The van der Waals surface area contributed by atoms with E-state index in [9.17, 15) is 0 Å². The maximum Gasteiger partial charge on any atom is 0.224 e. The van der Waals surface area contributed by atoms with E-state index in [0.717, 1.165) is 30.3 Å². The van der Waals surface area contributed by atoms with Crippen LogP contribution in [-0.2, 0) is 0 Å². The second-order valence-corrected chi connectivity index (χ2v) is 5.81. The molecule has 0 amide bonds. The molecule has 0 radical (unpaired) electrons. The zero-order chi connectivity index (χ0) is 16.7. The third kappa shape index (κ3) is 6.12. The molecule has 23 heavy (non-hydrogen) atoms. The number of rotatable bonds is 8. The maximum absolute atomic E-state index is 5.63. The van der Waals surface area contributed by atoms with Crippen LogP contribution in [0, 0.1) is 0 Å². The van der Waals surface area contributed by atoms with Crippen LogP contribution in [-0.4, -0.2) is 48.2 Å². The summed E-state index contributed by atoms with van der Waals surface area (Å²) in [6.07, 6.45) is 1.91. The van der Waals surface area contributed by atoms with Crippen LogP contribution < -0.4 is 15.4 Å². The van der Waals surface area contributed by atoms with E-state index in [4.69, 9.17) is 4.74 Å². The van der Waals surface area contributed by atoms with Gasteiger partial charge >= 0.3 is 0 Å². The molecule has 1 aromatic carbocycles. The molecule has 0 bridgehead atoms. The van der Waals surface area contributed by atoms with Gasteiger partial charge in [0, 0.05) is 25.0 Å². The van der Waals surface area contributed by atoms with Crippen LogP contribution >= 0.6 is 0 Å². The fourth-order valence-corrected chi connectivity index (χ4v) is 1.94. The van der Waals surface area contributed by atoms with Crippen molar-refractivity contribution in [2.75, 3.05) is 37.8 Å². The molecule has 0 spiro atoms. The predicted molar refractivity (Wildman–Crippen MR) is 94.6 cm³/mol. The number of likely N-dealkylation sites (N-methyl/N-ethyl adjacent to an activating group) is 1. The number of nitrogens with zero attached hydrogens (tertiary/aromatic N) is 3. The number of hydrogen-bond acceptors (Lipinski definition) is 6. The fourth-order valence-electron chi connectivity index (χ4n) is 1.94. The summed E-state index contributed by atoms with van der Waals surface area (Å²) in [7, 11) is 4.07. The first-order valence-corrected chi connectivity index (χ1v) is 7.78. The van der Waals surface area contributed by atoms with Crippen molar-refractivity contribution < 1.29 is 4.74 Å². The minimum atomic E-state index is 0.173. The summed E-state index contributed by atoms with van der Waals surface area (Å²) in [6, 6.07) is 9.67. The van der Waals surface area contributed by atoms with E-state index in [1.807, 2.05) is 58.3 Å². The molecule has 6 heteroatoms. The zero-order valence-corrected chi connectivity index (χ0v) is 14.2. The van der Waals surface area contributed by atoms with Gasteiger partial charge in [-0.2, -0.15) is 4.98 Å². The van der Waals surface area contributed by atoms with Crippen LogP contribution in [0.3, 0.4) is 0 Å². The third-order valence-corrected chi connectivity index (χ3v) is 3.00. The van der Waals surface area contributed by atoms with Gasteiger partial charge in [0.15, 0.2) is 0 Å². The van der Waals surface area contributed by atoms with Gasteiger partial charge in [-0.1, -0.05) is 0 Å². The number of nitrogens with one attached hydrogen (secondary N) is 2. The predicted octanol–water partition coefficient (Wildman–Crippen LogP) is 2.98. The normalized spacial score (nSPS) is 10.9. The van der Waals surface area contributed by atoms with E-state index in [0.29, 0.717) is 5.95 Å². The van der Waals surface area contributed by atoms with Gasteiger partial charge in [0.1, 0.15) is 11.6 Å². The van der Waals surface area contributed by atoms with Crippen LogP contribution in [0.5, 0.6) is 5.75 Å². The molecule has 124 valence electrons. The lowest BCUT2D eigenvalue weighted by molar-refractivity contribution is 0.242. The first-order chi connectivity index (χ1) is 11.0. The van der Waals surface area contributed by atoms with Crippen molar-refractivity contribution in [1.82, 2.24) is 14.9 Å². The van der Waals surface area contributed by atoms with Crippen LogP contribution in [0.2, 0.25) is 0 Å². The molecule has 0 fully saturated rings. The number of anilines is 3. The Morgan fingerprint density at radius 3 is 2.52 bits per heavy atom. The first kappa shape index (κ1) is 17.0. The van der Waals surface area contributed by atoms with Gasteiger partial charge in [-0.15, -0.1) is 0 Å². The summed E-state index contributed by atoms with van der Waals surface area (Å²) in [5.74, 6) is 2.24. The van der Waals surface area contributed by atoms with Crippen molar-refractivity contribution in [2.45, 2.75) is 20.0 Å². The second-order valence-electron chi connectivity index (χ2n) is 5.81. The third-order valence-electron chi connectivity index (χ3n) is 3.00. The fraction of sp³-hybridized carbons (Fsp3) is 0.412. The Kier molecular flexibility index (Phi) is 6.17. The average Bonchev–Trinajstić information content (AvgIpc) is 2.49. The smallest absolute Gasteiger partial charge is 0.224 e. The SMILES string of the molecule is CC(C)Oc1ccc(Nc2ccnc(NCCN(C)C)n2)cc1. The summed E-state index contributed by atoms with van der Waals surface area (Å²) in [5, 5.41) is 6.48. The minimum Gasteiger partial charge on any atom is -0.491 e. The number of aromatic nitrogens is 2. The van der Waals surface area contributed by atoms with E-state index in [1.54, 1.807) is 6.20 Å². The topological polar surface area (TPSA) is 62.3 Å². The van der Waals surface area contributed by atoms with E-state index in [1.165, 1.54) is 0 Å². The van der Waals surface area contributed by atoms with Gasteiger partial charge in [-0.3, -0.25) is 0 Å². The highest BCUT2D eigenvalue weighted by molar-refractivity contribution is 5.57. The van der Waals surface area contributed by atoms with E-state index >= 15 is 0 Å². The van der Waals surface area contributed by atoms with Crippen molar-refractivity contribution in [2.24, 2.45) is 0 Å². The Labute approximate surface area is 137 Å². The molecular weight excluding hydrogens is 290 g/mol. The molecule has 2 aromatic rings. The number of hydrogen-bond donors (Lipinski definition) is 2. The van der Waals surface area contributed by atoms with Crippen LogP contribution in [0.1, 0.15) is 13.8 Å². The summed E-state index contributed by atoms with van der Waals surface area (Å²) in [6.45, 7) is 5.76. The van der Waals surface area contributed by atoms with E-state index in [2.05, 4.69) is 25.5 Å². The first-order valence-electron chi connectivity index (χ1n) is 7.78. The molecule has 0 aliphatic carbocycles. The van der Waals surface area contributed by atoms with Gasteiger partial charge in [0.05, 0.1) is 6.10 Å². The molecule has 2 N–H and O–H groups in total. The number of ether oxygens (including phenoxy) is 1. The van der Waals surface area contributed by atoms with Gasteiger partial charge in [-0.25, -0.2) is 4.98 Å². The number of benzene rings is 1. The average molecular weight is 315 g/mol. The minimum absolute atomic E-state index is 0.173. The molecule has 0 saturated heterocycles. The lowest BCUT2D eigenvalue weighted by Gasteiger charge is -2.12. The molecule has 1 aromatic heterocycles. The molecule has 0 atom stereocenters. The van der Waals surface area contributed by atoms with Gasteiger partial charge in [0.2, 0.25) is 5.95 Å². The van der Waals surface area contributed by atoms with Crippen LogP contribution in [0.25, 0.3) is 0 Å². The Bertz CT molecular complexity index is 598. The zero-order valence-electron chi connectivity index (χ0n) is 14.2. The van der Waals surface area contributed by atoms with E-state index in [-0.39, 0.29) is 6.10 Å². The molecular formula is C17H25N5O. The summed E-state index contributed by atoms with van der Waals surface area (Å²) in [4.78, 5) is 10.8. The van der Waals surface area contributed by atoms with Crippen molar-refractivity contribution in [3.05, 3.63) is 36.5 Å². The quantitative estimate of drug-likeness (QED) is 0.781. The van der Waals surface area contributed by atoms with Crippen molar-refractivity contribution in [3.8, 4) is 5.75 Å². The Balaban J connectivity index is 1.94. The molecule has 0 aliphatic heterocycles. The largest absolute Gasteiger partial charge is 0.491 e. The Morgan fingerprint density at radius 2 is 1.87 bits per heavy atom. The van der Waals surface area contributed by atoms with Gasteiger partial charge in [0.25, 0.3) is 0 Å². The highest BCUT2D eigenvalue weighted by Crippen LogP contribution is 2.20. The van der Waals surface area contributed by atoms with Crippen molar-refractivity contribution >= 4 is 17.5 Å². The molecule has 1 heterocycles. The Hall–Kier alpha value is -2.34. The van der Waals surface area contributed by atoms with Crippen molar-refractivity contribution in [1.29, 1.82) is 0 Å². The van der Waals surface area contributed by atoms with Crippen LogP contribution in [0.15, 0.2) is 36.5 Å². The van der Waals surface area contributed by atoms with Gasteiger partial charge in [-0.05, 0) is 58.3 Å². The summed E-state index contributed by atoms with van der Waals surface area (Å²) >= 11 is 0. The van der Waals surface area contributed by atoms with Crippen molar-refractivity contribution in [3.63, 3.8) is 0 Å². The second kappa shape index (κ2) is 8.33. The highest BCUT2D eigenvalue weighted by Gasteiger charge is 2.02. The molecule has 0 unspecified atom stereocenters. The molecule has 2 rings (SSSR count). The Morgan fingerprint density at radius 1 is 1.13 bits per heavy atom. The van der Waals surface area contributed by atoms with Crippen LogP contribution in [0.4, 0.5) is 17.5 Å². The lowest BCUT2D eigenvalue weighted by Crippen LogP contribution is -2.21.